The fourth-order valence-electron chi connectivity index (χ4n) is 7.32. The zero-order chi connectivity index (χ0) is 35.9. The number of nitrogens with zero attached hydrogens (tertiary/aromatic N) is 6. The van der Waals surface area contributed by atoms with Gasteiger partial charge in [0.1, 0.15) is 0 Å². The van der Waals surface area contributed by atoms with Gasteiger partial charge in [0.2, 0.25) is 11.6 Å². The maximum Gasteiger partial charge on any atom is 0.254 e. The Bertz CT molecular complexity index is 2090. The first-order valence-electron chi connectivity index (χ1n) is 17.3. The number of carbonyl (C=O) groups excluding carboxylic acids is 1. The van der Waals surface area contributed by atoms with Crippen LogP contribution in [0.25, 0.3) is 33.9 Å². The number of piperidine rings is 1. The molecule has 0 bridgehead atoms. The highest BCUT2D eigenvalue weighted by molar-refractivity contribution is 6.30. The number of pyridine rings is 1. The Kier molecular flexibility index (Phi) is 9.46. The van der Waals surface area contributed by atoms with E-state index in [4.69, 9.17) is 30.8 Å². The van der Waals surface area contributed by atoms with Crippen LogP contribution in [0.2, 0.25) is 5.02 Å². The summed E-state index contributed by atoms with van der Waals surface area (Å²) in [5.41, 5.74) is 6.29. The molecule has 11 heteroatoms. The molecule has 0 radical (unpaired) electrons. The number of para-hydroxylation sites is 1. The second-order valence-corrected chi connectivity index (χ2v) is 14.8. The first-order valence-corrected chi connectivity index (χ1v) is 17.7. The topological polar surface area (TPSA) is 104 Å². The second-order valence-electron chi connectivity index (χ2n) is 14.4. The van der Waals surface area contributed by atoms with Crippen molar-refractivity contribution in [2.75, 3.05) is 34.4 Å². The first kappa shape index (κ1) is 34.5. The van der Waals surface area contributed by atoms with Crippen molar-refractivity contribution in [2.24, 2.45) is 11.3 Å². The van der Waals surface area contributed by atoms with E-state index in [1.54, 1.807) is 26.1 Å². The number of tetrazole rings is 1. The summed E-state index contributed by atoms with van der Waals surface area (Å²) in [7, 11) is 4.84. The summed E-state index contributed by atoms with van der Waals surface area (Å²) in [5, 5.41) is 14.9. The van der Waals surface area contributed by atoms with Crippen molar-refractivity contribution in [2.45, 2.75) is 52.5 Å². The van der Waals surface area contributed by atoms with Gasteiger partial charge in [-0.05, 0) is 107 Å². The van der Waals surface area contributed by atoms with Gasteiger partial charge >= 0.3 is 0 Å². The van der Waals surface area contributed by atoms with Crippen LogP contribution in [-0.2, 0) is 6.42 Å². The molecule has 5 aromatic rings. The van der Waals surface area contributed by atoms with Crippen LogP contribution < -0.4 is 14.2 Å². The van der Waals surface area contributed by atoms with Crippen molar-refractivity contribution in [3.05, 3.63) is 88.1 Å². The Hall–Kier alpha value is -4.96. The lowest BCUT2D eigenvalue weighted by molar-refractivity contribution is 0.0683. The molecule has 0 N–H and O–H groups in total. The standard InChI is InChI=1S/C40H43ClN6O4/c1-40(2,3)27-22-26(19-24-20-33(49-4)37(51-6)34(21-24)50-5)36-31(23-27)35(30-9-7-8-10-32(30)42-36)39(48)46-17-15-29(16-18-46)47-44-38(43-45-47)25-11-13-28(41)14-12-25/h7-14,19-21,27,29H,15-18,22-23H2,1-6H3/b26-19-. The lowest BCUT2D eigenvalue weighted by atomic mass is 9.68. The summed E-state index contributed by atoms with van der Waals surface area (Å²) >= 11 is 6.07. The number of aromatic nitrogens is 5. The zero-order valence-electron chi connectivity index (χ0n) is 29.9. The number of carbonyl (C=O) groups is 1. The number of benzene rings is 3. The number of amides is 1. The maximum absolute atomic E-state index is 14.8. The van der Waals surface area contributed by atoms with Crippen molar-refractivity contribution >= 4 is 40.1 Å². The third-order valence-electron chi connectivity index (χ3n) is 10.3. The quantitative estimate of drug-likeness (QED) is 0.167. The first-order chi connectivity index (χ1) is 24.6. The molecule has 7 rings (SSSR count). The normalized spacial score (nSPS) is 17.4. The summed E-state index contributed by atoms with van der Waals surface area (Å²) < 4.78 is 16.9. The summed E-state index contributed by atoms with van der Waals surface area (Å²) in [4.78, 5) is 23.7. The second kappa shape index (κ2) is 14.0. The van der Waals surface area contributed by atoms with Gasteiger partial charge in [-0.1, -0.05) is 50.6 Å². The fraction of sp³-hybridized carbons (Fsp3) is 0.375. The third kappa shape index (κ3) is 6.77. The van der Waals surface area contributed by atoms with Crippen LogP contribution in [0.1, 0.15) is 73.3 Å². The van der Waals surface area contributed by atoms with E-state index in [1.165, 1.54) is 0 Å². The third-order valence-corrected chi connectivity index (χ3v) is 10.5. The zero-order valence-corrected chi connectivity index (χ0v) is 30.7. The van der Waals surface area contributed by atoms with Crippen LogP contribution in [0.5, 0.6) is 17.2 Å². The Morgan fingerprint density at radius 3 is 2.25 bits per heavy atom. The maximum atomic E-state index is 14.8. The highest BCUT2D eigenvalue weighted by Crippen LogP contribution is 2.46. The molecule has 1 fully saturated rings. The average Bonchev–Trinajstić information content (AvgIpc) is 3.63. The number of methoxy groups -OCH3 is 3. The monoisotopic (exact) mass is 706 g/mol. The highest BCUT2D eigenvalue weighted by atomic mass is 35.5. The van der Waals surface area contributed by atoms with E-state index in [0.29, 0.717) is 41.2 Å². The number of fused-ring (bicyclic) bond motifs is 2. The number of hydrogen-bond acceptors (Lipinski definition) is 8. The number of likely N-dealkylation sites (tertiary alicyclic amines) is 1. The number of hydrogen-bond donors (Lipinski definition) is 0. The summed E-state index contributed by atoms with van der Waals surface area (Å²) in [6, 6.07) is 19.4. The lowest BCUT2D eigenvalue weighted by Crippen LogP contribution is -2.40. The number of rotatable bonds is 7. The molecule has 51 heavy (non-hydrogen) atoms. The minimum absolute atomic E-state index is 0.00790. The van der Waals surface area contributed by atoms with Crippen molar-refractivity contribution < 1.29 is 19.0 Å². The van der Waals surface area contributed by atoms with Gasteiger partial charge in [-0.15, -0.1) is 10.2 Å². The van der Waals surface area contributed by atoms with Gasteiger partial charge in [-0.25, -0.2) is 4.98 Å². The van der Waals surface area contributed by atoms with Crippen LogP contribution >= 0.6 is 11.6 Å². The van der Waals surface area contributed by atoms with Gasteiger partial charge in [0, 0.05) is 29.1 Å². The highest BCUT2D eigenvalue weighted by Gasteiger charge is 2.37. The molecule has 1 aliphatic heterocycles. The molecule has 1 aliphatic carbocycles. The smallest absolute Gasteiger partial charge is 0.254 e. The van der Waals surface area contributed by atoms with E-state index in [2.05, 4.69) is 42.3 Å². The molecule has 1 saturated heterocycles. The minimum atomic E-state index is -0.00790. The predicted octanol–water partition coefficient (Wildman–Crippen LogP) is 8.19. The van der Waals surface area contributed by atoms with Gasteiger partial charge in [-0.3, -0.25) is 4.79 Å². The molecule has 1 amide bonds. The van der Waals surface area contributed by atoms with Gasteiger partial charge in [0.05, 0.1) is 44.1 Å². The Labute approximate surface area is 303 Å². The molecular weight excluding hydrogens is 664 g/mol. The van der Waals surface area contributed by atoms with Crippen LogP contribution in [0.15, 0.2) is 60.7 Å². The van der Waals surface area contributed by atoms with Crippen molar-refractivity contribution in [3.8, 4) is 28.6 Å². The molecule has 2 aromatic heterocycles. The largest absolute Gasteiger partial charge is 0.493 e. The van der Waals surface area contributed by atoms with Crippen molar-refractivity contribution in [1.29, 1.82) is 0 Å². The molecule has 0 saturated carbocycles. The minimum Gasteiger partial charge on any atom is -0.493 e. The molecular formula is C40H43ClN6O4. The van der Waals surface area contributed by atoms with E-state index in [1.807, 2.05) is 65.6 Å². The molecule has 2 aliphatic rings. The molecule has 264 valence electrons. The SMILES string of the molecule is COc1cc(/C=C2/CC(C(C)(C)C)Cc3c2nc2ccccc2c3C(=O)N2CCC(n3nnc(-c4ccc(Cl)cc4)n3)CC2)cc(OC)c1OC. The van der Waals surface area contributed by atoms with Gasteiger partial charge in [-0.2, -0.15) is 4.80 Å². The van der Waals surface area contributed by atoms with Crippen LogP contribution in [0, 0.1) is 11.3 Å². The molecule has 3 heterocycles. The Balaban J connectivity index is 1.24. The van der Waals surface area contributed by atoms with Gasteiger partial charge in [0.25, 0.3) is 5.91 Å². The molecule has 1 unspecified atom stereocenters. The van der Waals surface area contributed by atoms with Crippen LogP contribution in [0.3, 0.4) is 0 Å². The van der Waals surface area contributed by atoms with Crippen molar-refractivity contribution in [3.63, 3.8) is 0 Å². The summed E-state index contributed by atoms with van der Waals surface area (Å²) in [5.74, 6) is 2.59. The van der Waals surface area contributed by atoms with E-state index < -0.39 is 0 Å². The molecule has 0 spiro atoms. The average molecular weight is 707 g/mol. The van der Waals surface area contributed by atoms with E-state index >= 15 is 0 Å². The van der Waals surface area contributed by atoms with Crippen LogP contribution in [-0.4, -0.2) is 70.4 Å². The molecule has 3 aromatic carbocycles. The number of ether oxygens (including phenoxy) is 3. The van der Waals surface area contributed by atoms with Crippen molar-refractivity contribution in [1.82, 2.24) is 30.1 Å². The predicted molar refractivity (Wildman–Crippen MR) is 199 cm³/mol. The van der Waals surface area contributed by atoms with E-state index in [9.17, 15) is 4.79 Å². The van der Waals surface area contributed by atoms with Crippen LogP contribution in [0.4, 0.5) is 0 Å². The lowest BCUT2D eigenvalue weighted by Gasteiger charge is -2.38. The summed E-state index contributed by atoms with van der Waals surface area (Å²) in [6.07, 6.45) is 5.19. The Morgan fingerprint density at radius 2 is 1.61 bits per heavy atom. The summed E-state index contributed by atoms with van der Waals surface area (Å²) in [6.45, 7) is 8.00. The number of halogens is 1. The van der Waals surface area contributed by atoms with Gasteiger partial charge in [0.15, 0.2) is 11.5 Å². The van der Waals surface area contributed by atoms with E-state index in [0.717, 1.165) is 70.1 Å². The molecule has 1 atom stereocenters. The van der Waals surface area contributed by atoms with E-state index in [-0.39, 0.29) is 23.3 Å². The van der Waals surface area contributed by atoms with Gasteiger partial charge < -0.3 is 19.1 Å². The fourth-order valence-corrected chi connectivity index (χ4v) is 7.44. The molecule has 10 nitrogen and oxygen atoms in total. The Morgan fingerprint density at radius 1 is 0.922 bits per heavy atom. The number of allylic oxidation sites excluding steroid dienone is 1.